The number of nitrogens with zero attached hydrogens (tertiary/aromatic N) is 1. The van der Waals surface area contributed by atoms with Crippen molar-refractivity contribution >= 4 is 17.2 Å². The van der Waals surface area contributed by atoms with Crippen LogP contribution in [-0.2, 0) is 4.74 Å². The Morgan fingerprint density at radius 2 is 2.20 bits per heavy atom. The zero-order chi connectivity index (χ0) is 10.7. The highest BCUT2D eigenvalue weighted by Crippen LogP contribution is 2.28. The number of hydrogen-bond donors (Lipinski definition) is 1. The lowest BCUT2D eigenvalue weighted by Gasteiger charge is -2.43. The van der Waals surface area contributed by atoms with Crippen molar-refractivity contribution in [2.45, 2.75) is 44.2 Å². The molecule has 0 aromatic carbocycles. The lowest BCUT2D eigenvalue weighted by molar-refractivity contribution is -0.0870. The summed E-state index contributed by atoms with van der Waals surface area (Å²) in [6.07, 6.45) is 6.49. The molecule has 0 aromatic rings. The first kappa shape index (κ1) is 11.3. The molecular formula is C11H20N2OS. The molecule has 86 valence electrons. The third kappa shape index (κ3) is 2.89. The van der Waals surface area contributed by atoms with Gasteiger partial charge in [-0.2, -0.15) is 0 Å². The number of thiocarbonyl (C=S) groups is 1. The molecule has 1 saturated carbocycles. The van der Waals surface area contributed by atoms with Gasteiger partial charge in [0.15, 0.2) is 0 Å². The molecule has 0 spiro atoms. The SMILES string of the molecule is NC(=S)CCN1CCOC2CCCCC21. The Kier molecular flexibility index (Phi) is 3.94. The van der Waals surface area contributed by atoms with Gasteiger partial charge in [-0.15, -0.1) is 0 Å². The second-order valence-electron chi connectivity index (χ2n) is 4.51. The zero-order valence-electron chi connectivity index (χ0n) is 9.15. The summed E-state index contributed by atoms with van der Waals surface area (Å²) in [5.41, 5.74) is 5.55. The van der Waals surface area contributed by atoms with Crippen LogP contribution in [0.5, 0.6) is 0 Å². The zero-order valence-corrected chi connectivity index (χ0v) is 9.97. The third-order valence-corrected chi connectivity index (χ3v) is 3.70. The molecule has 2 atom stereocenters. The summed E-state index contributed by atoms with van der Waals surface area (Å²) in [7, 11) is 0. The van der Waals surface area contributed by atoms with Crippen LogP contribution in [-0.4, -0.2) is 41.7 Å². The van der Waals surface area contributed by atoms with Gasteiger partial charge in [-0.05, 0) is 12.8 Å². The van der Waals surface area contributed by atoms with Crippen LogP contribution in [0.2, 0.25) is 0 Å². The van der Waals surface area contributed by atoms with Gasteiger partial charge in [-0.25, -0.2) is 0 Å². The molecule has 3 nitrogen and oxygen atoms in total. The van der Waals surface area contributed by atoms with Crippen LogP contribution in [0, 0.1) is 0 Å². The van der Waals surface area contributed by atoms with E-state index in [0.29, 0.717) is 17.1 Å². The van der Waals surface area contributed by atoms with Gasteiger partial charge in [0, 0.05) is 25.6 Å². The van der Waals surface area contributed by atoms with Gasteiger partial charge in [-0.1, -0.05) is 25.1 Å². The standard InChI is InChI=1S/C11H20N2OS/c12-11(15)5-6-13-7-8-14-10-4-2-1-3-9(10)13/h9-10H,1-8H2,(H2,12,15). The highest BCUT2D eigenvalue weighted by molar-refractivity contribution is 7.80. The van der Waals surface area contributed by atoms with Crippen LogP contribution in [0.25, 0.3) is 0 Å². The minimum absolute atomic E-state index is 0.471. The average molecular weight is 228 g/mol. The van der Waals surface area contributed by atoms with Crippen LogP contribution in [0.3, 0.4) is 0 Å². The molecule has 0 radical (unpaired) electrons. The van der Waals surface area contributed by atoms with Crippen LogP contribution >= 0.6 is 12.2 Å². The van der Waals surface area contributed by atoms with Crippen molar-refractivity contribution in [2.75, 3.05) is 19.7 Å². The van der Waals surface area contributed by atoms with Crippen molar-refractivity contribution in [2.24, 2.45) is 5.73 Å². The van der Waals surface area contributed by atoms with Crippen molar-refractivity contribution in [3.63, 3.8) is 0 Å². The van der Waals surface area contributed by atoms with Gasteiger partial charge < -0.3 is 10.5 Å². The van der Waals surface area contributed by atoms with Crippen LogP contribution < -0.4 is 5.73 Å². The van der Waals surface area contributed by atoms with Crippen molar-refractivity contribution in [1.29, 1.82) is 0 Å². The molecule has 15 heavy (non-hydrogen) atoms. The predicted octanol–water partition coefficient (Wildman–Crippen LogP) is 1.31. The second-order valence-corrected chi connectivity index (χ2v) is 5.04. The number of ether oxygens (including phenoxy) is 1. The third-order valence-electron chi connectivity index (χ3n) is 3.49. The van der Waals surface area contributed by atoms with E-state index in [1.807, 2.05) is 0 Å². The van der Waals surface area contributed by atoms with E-state index < -0.39 is 0 Å². The predicted molar refractivity (Wildman–Crippen MR) is 65.0 cm³/mol. The van der Waals surface area contributed by atoms with Gasteiger partial charge in [0.25, 0.3) is 0 Å². The molecule has 2 aliphatic rings. The van der Waals surface area contributed by atoms with E-state index >= 15 is 0 Å². The van der Waals surface area contributed by atoms with Crippen LogP contribution in [0.15, 0.2) is 0 Å². The van der Waals surface area contributed by atoms with Gasteiger partial charge in [0.2, 0.25) is 0 Å². The second kappa shape index (κ2) is 5.23. The Morgan fingerprint density at radius 3 is 3.00 bits per heavy atom. The molecule has 2 rings (SSSR count). The quantitative estimate of drug-likeness (QED) is 0.739. The molecule has 1 saturated heterocycles. The lowest BCUT2D eigenvalue weighted by atomic mass is 9.90. The first-order valence-electron chi connectivity index (χ1n) is 5.91. The fraction of sp³-hybridized carbons (Fsp3) is 0.909. The number of nitrogens with two attached hydrogens (primary N) is 1. The molecule has 1 heterocycles. The number of rotatable bonds is 3. The molecule has 4 heteroatoms. The summed E-state index contributed by atoms with van der Waals surface area (Å²) in [6.45, 7) is 2.93. The molecule has 1 aliphatic heterocycles. The molecule has 0 aromatic heterocycles. The maximum absolute atomic E-state index is 5.81. The van der Waals surface area contributed by atoms with Gasteiger partial charge in [0.05, 0.1) is 17.7 Å². The monoisotopic (exact) mass is 228 g/mol. The van der Waals surface area contributed by atoms with Gasteiger partial charge in [0.1, 0.15) is 0 Å². The molecule has 1 aliphatic carbocycles. The maximum Gasteiger partial charge on any atom is 0.0740 e. The van der Waals surface area contributed by atoms with Gasteiger partial charge >= 0.3 is 0 Å². The molecule has 2 fully saturated rings. The molecule has 0 bridgehead atoms. The topological polar surface area (TPSA) is 38.5 Å². The van der Waals surface area contributed by atoms with Crippen LogP contribution in [0.4, 0.5) is 0 Å². The number of fused-ring (bicyclic) bond motifs is 1. The first-order chi connectivity index (χ1) is 7.27. The van der Waals surface area contributed by atoms with Crippen molar-refractivity contribution < 1.29 is 4.74 Å². The lowest BCUT2D eigenvalue weighted by Crippen LogP contribution is -2.53. The van der Waals surface area contributed by atoms with E-state index in [4.69, 9.17) is 22.7 Å². The summed E-state index contributed by atoms with van der Waals surface area (Å²) in [6, 6.07) is 0.627. The summed E-state index contributed by atoms with van der Waals surface area (Å²) >= 11 is 4.93. The normalized spacial score (nSPS) is 32.3. The molecule has 2 unspecified atom stereocenters. The Balaban J connectivity index is 1.88. The average Bonchev–Trinajstić information content (AvgIpc) is 2.26. The highest BCUT2D eigenvalue weighted by atomic mass is 32.1. The fourth-order valence-corrected chi connectivity index (χ4v) is 2.80. The Bertz CT molecular complexity index is 233. The Labute approximate surface area is 96.9 Å². The minimum Gasteiger partial charge on any atom is -0.393 e. The van der Waals surface area contributed by atoms with Crippen molar-refractivity contribution in [3.8, 4) is 0 Å². The summed E-state index contributed by atoms with van der Waals surface area (Å²) < 4.78 is 5.81. The Morgan fingerprint density at radius 1 is 1.40 bits per heavy atom. The number of morpholine rings is 1. The smallest absolute Gasteiger partial charge is 0.0740 e. The van der Waals surface area contributed by atoms with E-state index in [9.17, 15) is 0 Å². The number of hydrogen-bond acceptors (Lipinski definition) is 3. The van der Waals surface area contributed by atoms with E-state index in [0.717, 1.165) is 26.1 Å². The largest absolute Gasteiger partial charge is 0.393 e. The first-order valence-corrected chi connectivity index (χ1v) is 6.32. The van der Waals surface area contributed by atoms with Gasteiger partial charge in [-0.3, -0.25) is 4.90 Å². The summed E-state index contributed by atoms with van der Waals surface area (Å²) in [4.78, 5) is 3.15. The van der Waals surface area contributed by atoms with Crippen molar-refractivity contribution in [3.05, 3.63) is 0 Å². The van der Waals surface area contributed by atoms with E-state index in [1.165, 1.54) is 25.7 Å². The highest BCUT2D eigenvalue weighted by Gasteiger charge is 2.33. The van der Waals surface area contributed by atoms with E-state index in [1.54, 1.807) is 0 Å². The molecule has 0 amide bonds. The minimum atomic E-state index is 0.471. The summed E-state index contributed by atoms with van der Waals surface area (Å²) in [5.74, 6) is 0. The van der Waals surface area contributed by atoms with E-state index in [-0.39, 0.29) is 0 Å². The molecule has 2 N–H and O–H groups in total. The Hall–Kier alpha value is -0.190. The molecular weight excluding hydrogens is 208 g/mol. The van der Waals surface area contributed by atoms with E-state index in [2.05, 4.69) is 4.90 Å². The summed E-state index contributed by atoms with van der Waals surface area (Å²) in [5, 5.41) is 0. The fourth-order valence-electron chi connectivity index (χ4n) is 2.71. The van der Waals surface area contributed by atoms with Crippen molar-refractivity contribution in [1.82, 2.24) is 4.90 Å². The van der Waals surface area contributed by atoms with Crippen LogP contribution in [0.1, 0.15) is 32.1 Å². The maximum atomic E-state index is 5.81.